The Morgan fingerprint density at radius 1 is 1.35 bits per heavy atom. The van der Waals surface area contributed by atoms with Gasteiger partial charge in [0.25, 0.3) is 0 Å². The summed E-state index contributed by atoms with van der Waals surface area (Å²) in [5, 5.41) is 7.08. The molecule has 0 saturated heterocycles. The lowest BCUT2D eigenvalue weighted by atomic mass is 9.95. The summed E-state index contributed by atoms with van der Waals surface area (Å²) in [5.74, 6) is 0.544. The summed E-state index contributed by atoms with van der Waals surface area (Å²) in [5.41, 5.74) is 0. The Labute approximate surface area is 126 Å². The Morgan fingerprint density at radius 2 is 2.20 bits per heavy atom. The summed E-state index contributed by atoms with van der Waals surface area (Å²) in [6.45, 7) is 0. The molecule has 20 heavy (non-hydrogen) atoms. The van der Waals surface area contributed by atoms with Crippen molar-refractivity contribution < 1.29 is 4.79 Å². The van der Waals surface area contributed by atoms with Gasteiger partial charge in [-0.25, -0.2) is 9.97 Å². The average Bonchev–Trinajstić information content (AvgIpc) is 2.95. The second-order valence-electron chi connectivity index (χ2n) is 5.01. The van der Waals surface area contributed by atoms with Crippen molar-refractivity contribution in [1.82, 2.24) is 15.3 Å². The molecule has 2 aromatic heterocycles. The van der Waals surface area contributed by atoms with Crippen LogP contribution in [0.4, 0.5) is 0 Å². The quantitative estimate of drug-likeness (QED) is 0.696. The van der Waals surface area contributed by atoms with Gasteiger partial charge < -0.3 is 5.32 Å². The fourth-order valence-electron chi connectivity index (χ4n) is 2.53. The highest BCUT2D eigenvalue weighted by Crippen LogP contribution is 2.27. The van der Waals surface area contributed by atoms with E-state index in [4.69, 9.17) is 0 Å². The van der Waals surface area contributed by atoms with Gasteiger partial charge in [-0.1, -0.05) is 31.0 Å². The minimum absolute atomic E-state index is 0.115. The zero-order chi connectivity index (χ0) is 13.8. The second kappa shape index (κ2) is 6.54. The van der Waals surface area contributed by atoms with Crippen molar-refractivity contribution in [3.05, 3.63) is 17.8 Å². The highest BCUT2D eigenvalue weighted by atomic mass is 32.2. The topological polar surface area (TPSA) is 54.9 Å². The largest absolute Gasteiger partial charge is 0.353 e. The van der Waals surface area contributed by atoms with Gasteiger partial charge in [0.15, 0.2) is 0 Å². The van der Waals surface area contributed by atoms with Crippen LogP contribution in [0.15, 0.2) is 22.8 Å². The highest BCUT2D eigenvalue weighted by molar-refractivity contribution is 8.00. The van der Waals surface area contributed by atoms with E-state index in [9.17, 15) is 4.79 Å². The molecule has 0 atom stereocenters. The van der Waals surface area contributed by atoms with Crippen LogP contribution in [0.25, 0.3) is 10.2 Å². The first-order chi connectivity index (χ1) is 9.83. The van der Waals surface area contributed by atoms with Gasteiger partial charge in [0.2, 0.25) is 5.91 Å². The van der Waals surface area contributed by atoms with Gasteiger partial charge in [-0.05, 0) is 24.3 Å². The van der Waals surface area contributed by atoms with E-state index in [0.29, 0.717) is 11.8 Å². The van der Waals surface area contributed by atoms with Crippen LogP contribution in [-0.4, -0.2) is 27.7 Å². The fourth-order valence-corrected chi connectivity index (χ4v) is 4.12. The van der Waals surface area contributed by atoms with Gasteiger partial charge in [-0.2, -0.15) is 0 Å². The molecule has 1 aliphatic carbocycles. The number of thioether (sulfide) groups is 1. The van der Waals surface area contributed by atoms with Crippen molar-refractivity contribution in [2.75, 3.05) is 5.75 Å². The van der Waals surface area contributed by atoms with Gasteiger partial charge >= 0.3 is 0 Å². The Balaban J connectivity index is 1.56. The number of thiophene rings is 1. The zero-order valence-electron chi connectivity index (χ0n) is 11.2. The molecule has 0 spiro atoms. The second-order valence-corrected chi connectivity index (χ2v) is 6.87. The summed E-state index contributed by atoms with van der Waals surface area (Å²) in [6, 6.07) is 2.39. The summed E-state index contributed by atoms with van der Waals surface area (Å²) >= 11 is 3.09. The van der Waals surface area contributed by atoms with Crippen molar-refractivity contribution in [3.8, 4) is 0 Å². The van der Waals surface area contributed by atoms with E-state index in [2.05, 4.69) is 15.3 Å². The number of hydrogen-bond acceptors (Lipinski definition) is 5. The number of amides is 1. The number of aromatic nitrogens is 2. The smallest absolute Gasteiger partial charge is 0.230 e. The number of rotatable bonds is 4. The third-order valence-electron chi connectivity index (χ3n) is 3.54. The lowest BCUT2D eigenvalue weighted by molar-refractivity contribution is -0.119. The van der Waals surface area contributed by atoms with Crippen molar-refractivity contribution in [2.45, 2.75) is 43.2 Å². The molecular weight excluding hydrogens is 290 g/mol. The van der Waals surface area contributed by atoms with Crippen LogP contribution in [0.2, 0.25) is 0 Å². The molecule has 106 valence electrons. The lowest BCUT2D eigenvalue weighted by Crippen LogP contribution is -2.37. The molecule has 0 radical (unpaired) electrons. The first-order valence-electron chi connectivity index (χ1n) is 6.93. The Morgan fingerprint density at radius 3 is 3.05 bits per heavy atom. The number of hydrogen-bond donors (Lipinski definition) is 1. The molecule has 1 amide bonds. The van der Waals surface area contributed by atoms with Crippen LogP contribution in [0.1, 0.15) is 32.1 Å². The van der Waals surface area contributed by atoms with E-state index in [1.807, 2.05) is 11.4 Å². The normalized spacial score (nSPS) is 16.4. The maximum absolute atomic E-state index is 12.0. The SMILES string of the molecule is O=C(CSc1ncnc2sccc12)NC1CCCCC1. The molecule has 4 nitrogen and oxygen atoms in total. The van der Waals surface area contributed by atoms with Crippen LogP contribution < -0.4 is 5.32 Å². The molecule has 3 rings (SSSR count). The minimum Gasteiger partial charge on any atom is -0.353 e. The molecule has 0 aromatic carbocycles. The van der Waals surface area contributed by atoms with Crippen molar-refractivity contribution in [3.63, 3.8) is 0 Å². The number of nitrogens with one attached hydrogen (secondary N) is 1. The molecule has 1 N–H and O–H groups in total. The molecule has 2 aromatic rings. The third kappa shape index (κ3) is 3.30. The predicted molar refractivity (Wildman–Crippen MR) is 83.2 cm³/mol. The molecule has 0 unspecified atom stereocenters. The molecule has 6 heteroatoms. The van der Waals surface area contributed by atoms with Gasteiger partial charge in [-0.3, -0.25) is 4.79 Å². The fraction of sp³-hybridized carbons (Fsp3) is 0.500. The van der Waals surface area contributed by atoms with Crippen LogP contribution in [0, 0.1) is 0 Å². The number of fused-ring (bicyclic) bond motifs is 1. The van der Waals surface area contributed by atoms with Gasteiger partial charge in [-0.15, -0.1) is 11.3 Å². The summed E-state index contributed by atoms with van der Waals surface area (Å²) < 4.78 is 0. The molecule has 2 heterocycles. The van der Waals surface area contributed by atoms with Crippen LogP contribution >= 0.6 is 23.1 Å². The maximum Gasteiger partial charge on any atom is 0.230 e. The van der Waals surface area contributed by atoms with Gasteiger partial charge in [0.05, 0.1) is 5.75 Å². The lowest BCUT2D eigenvalue weighted by Gasteiger charge is -2.22. The minimum atomic E-state index is 0.115. The average molecular weight is 307 g/mol. The standard InChI is InChI=1S/C14H17N3OS2/c18-12(17-10-4-2-1-3-5-10)8-20-14-11-6-7-19-13(11)15-9-16-14/h6-7,9-10H,1-5,8H2,(H,17,18). The van der Waals surface area contributed by atoms with E-state index in [0.717, 1.165) is 28.1 Å². The summed E-state index contributed by atoms with van der Waals surface area (Å²) in [6.07, 6.45) is 7.59. The third-order valence-corrected chi connectivity index (χ3v) is 5.36. The first-order valence-corrected chi connectivity index (χ1v) is 8.80. The van der Waals surface area contributed by atoms with Crippen molar-refractivity contribution in [1.29, 1.82) is 0 Å². The maximum atomic E-state index is 12.0. The van der Waals surface area contributed by atoms with Crippen LogP contribution in [-0.2, 0) is 4.79 Å². The molecule has 0 bridgehead atoms. The first kappa shape index (κ1) is 13.8. The zero-order valence-corrected chi connectivity index (χ0v) is 12.8. The Bertz CT molecular complexity index is 593. The highest BCUT2D eigenvalue weighted by Gasteiger charge is 2.16. The van der Waals surface area contributed by atoms with Gasteiger partial charge in [0.1, 0.15) is 16.2 Å². The Kier molecular flexibility index (Phi) is 4.52. The molecule has 0 aliphatic heterocycles. The van der Waals surface area contributed by atoms with Crippen molar-refractivity contribution in [2.24, 2.45) is 0 Å². The monoisotopic (exact) mass is 307 g/mol. The van der Waals surface area contributed by atoms with E-state index in [1.165, 1.54) is 31.0 Å². The summed E-state index contributed by atoms with van der Waals surface area (Å²) in [4.78, 5) is 21.5. The number of nitrogens with zero attached hydrogens (tertiary/aromatic N) is 2. The van der Waals surface area contributed by atoms with E-state index in [1.54, 1.807) is 17.7 Å². The van der Waals surface area contributed by atoms with Crippen molar-refractivity contribution >= 4 is 39.2 Å². The molecule has 1 saturated carbocycles. The predicted octanol–water partition coefficient (Wildman–Crippen LogP) is 3.23. The van der Waals surface area contributed by atoms with Crippen LogP contribution in [0.3, 0.4) is 0 Å². The van der Waals surface area contributed by atoms with E-state index < -0.39 is 0 Å². The number of carbonyl (C=O) groups is 1. The van der Waals surface area contributed by atoms with Gasteiger partial charge in [0, 0.05) is 11.4 Å². The molecule has 1 fully saturated rings. The molecule has 1 aliphatic rings. The molecular formula is C14H17N3OS2. The number of carbonyl (C=O) groups excluding carboxylic acids is 1. The van der Waals surface area contributed by atoms with Crippen LogP contribution in [0.5, 0.6) is 0 Å². The Hall–Kier alpha value is -1.14. The van der Waals surface area contributed by atoms with E-state index >= 15 is 0 Å². The van der Waals surface area contributed by atoms with E-state index in [-0.39, 0.29) is 5.91 Å². The summed E-state index contributed by atoms with van der Waals surface area (Å²) in [7, 11) is 0.